The number of anilines is 1. The number of carbonyl (C=O) groups excluding carboxylic acids is 1. The lowest BCUT2D eigenvalue weighted by Crippen LogP contribution is -2.71. The van der Waals surface area contributed by atoms with E-state index in [2.05, 4.69) is 67.0 Å². The molecule has 0 saturated heterocycles. The molecule has 3 unspecified atom stereocenters. The number of rotatable bonds is 4. The summed E-state index contributed by atoms with van der Waals surface area (Å²) in [5, 5.41) is 3.14. The molecule has 6 heteroatoms. The molecule has 3 fully saturated rings. The van der Waals surface area contributed by atoms with Crippen molar-refractivity contribution >= 4 is 59.4 Å². The van der Waals surface area contributed by atoms with Gasteiger partial charge in [0.05, 0.1) is 21.9 Å². The van der Waals surface area contributed by atoms with Crippen LogP contribution in [0.5, 0.6) is 5.75 Å². The Morgan fingerprint density at radius 3 is 2.50 bits per heavy atom. The van der Waals surface area contributed by atoms with E-state index in [9.17, 15) is 4.79 Å². The van der Waals surface area contributed by atoms with Gasteiger partial charge in [-0.05, 0) is 42.9 Å². The zero-order chi connectivity index (χ0) is 17.9. The van der Waals surface area contributed by atoms with E-state index in [4.69, 9.17) is 4.74 Å². The monoisotopic (exact) mass is 521 g/mol. The van der Waals surface area contributed by atoms with E-state index in [1.807, 2.05) is 25.1 Å². The van der Waals surface area contributed by atoms with Crippen LogP contribution in [0.15, 0.2) is 18.2 Å². The van der Waals surface area contributed by atoms with Crippen LogP contribution in [0.3, 0.4) is 0 Å². The number of ether oxygens (including phenoxy) is 1. The van der Waals surface area contributed by atoms with Gasteiger partial charge in [0.25, 0.3) is 0 Å². The summed E-state index contributed by atoms with van der Waals surface area (Å²) in [5.41, 5.74) is 1.33. The maximum absolute atomic E-state index is 13.3. The SMILES string of the molecule is COc1ccc(C)cc1NC(=O)C12CCC(C(Br)Br)(C1Br)C2(C)C. The molecule has 0 spiro atoms. The number of methoxy groups -OCH3 is 1. The van der Waals surface area contributed by atoms with Crippen LogP contribution in [0, 0.1) is 23.2 Å². The van der Waals surface area contributed by atoms with Crippen LogP contribution in [0.2, 0.25) is 0 Å². The van der Waals surface area contributed by atoms with Crippen molar-refractivity contribution in [2.24, 2.45) is 16.2 Å². The fraction of sp³-hybridized carbons (Fsp3) is 0.611. The molecular formula is C18H22Br3NO2. The van der Waals surface area contributed by atoms with Crippen LogP contribution in [0.25, 0.3) is 0 Å². The Kier molecular flexibility index (Phi) is 4.67. The number of aryl methyl sites for hydroxylation is 1. The lowest BCUT2D eigenvalue weighted by molar-refractivity contribution is -0.155. The van der Waals surface area contributed by atoms with Crippen molar-refractivity contribution in [3.8, 4) is 5.75 Å². The van der Waals surface area contributed by atoms with Gasteiger partial charge in [-0.15, -0.1) is 0 Å². The van der Waals surface area contributed by atoms with Crippen molar-refractivity contribution < 1.29 is 9.53 Å². The average Bonchev–Trinajstić information content (AvgIpc) is 2.97. The zero-order valence-corrected chi connectivity index (χ0v) is 19.0. The summed E-state index contributed by atoms with van der Waals surface area (Å²) in [4.78, 5) is 13.4. The molecule has 3 nitrogen and oxygen atoms in total. The van der Waals surface area contributed by atoms with Crippen molar-refractivity contribution in [3.05, 3.63) is 23.8 Å². The molecule has 3 saturated carbocycles. The van der Waals surface area contributed by atoms with E-state index in [0.717, 1.165) is 24.1 Å². The highest BCUT2D eigenvalue weighted by molar-refractivity contribution is 9.24. The lowest BCUT2D eigenvalue weighted by atomic mass is 9.43. The Bertz CT molecular complexity index is 691. The highest BCUT2D eigenvalue weighted by atomic mass is 79.9. The number of carbonyl (C=O) groups is 1. The Labute approximate surface area is 168 Å². The smallest absolute Gasteiger partial charge is 0.232 e. The molecule has 1 N–H and O–H groups in total. The Morgan fingerprint density at radius 2 is 2.00 bits per heavy atom. The molecule has 1 amide bonds. The second kappa shape index (κ2) is 5.98. The van der Waals surface area contributed by atoms with Crippen molar-refractivity contribution in [1.82, 2.24) is 0 Å². The van der Waals surface area contributed by atoms with E-state index < -0.39 is 5.41 Å². The number of hydrogen-bond donors (Lipinski definition) is 1. The van der Waals surface area contributed by atoms with E-state index in [0.29, 0.717) is 5.75 Å². The first-order valence-corrected chi connectivity index (χ1v) is 10.8. The molecule has 4 rings (SSSR count). The van der Waals surface area contributed by atoms with Gasteiger partial charge in [-0.3, -0.25) is 4.79 Å². The predicted octanol–water partition coefficient (Wildman–Crippen LogP) is 5.63. The van der Waals surface area contributed by atoms with E-state index >= 15 is 0 Å². The van der Waals surface area contributed by atoms with E-state index in [1.54, 1.807) is 7.11 Å². The van der Waals surface area contributed by atoms with Crippen molar-refractivity contribution in [2.45, 2.75) is 42.2 Å². The summed E-state index contributed by atoms with van der Waals surface area (Å²) < 4.78 is 5.58. The highest BCUT2D eigenvalue weighted by Crippen LogP contribution is 2.82. The minimum absolute atomic E-state index is 0.0288. The minimum Gasteiger partial charge on any atom is -0.495 e. The summed E-state index contributed by atoms with van der Waals surface area (Å²) in [6, 6.07) is 5.84. The first kappa shape index (κ1) is 18.7. The molecule has 3 atom stereocenters. The van der Waals surface area contributed by atoms with Crippen molar-refractivity contribution in [2.75, 3.05) is 12.4 Å². The highest BCUT2D eigenvalue weighted by Gasteiger charge is 2.83. The summed E-state index contributed by atoms with van der Waals surface area (Å²) in [5.74, 6) is 0.767. The van der Waals surface area contributed by atoms with Crippen LogP contribution >= 0.6 is 47.8 Å². The second-order valence-electron chi connectivity index (χ2n) is 7.46. The van der Waals surface area contributed by atoms with Crippen LogP contribution in [0.4, 0.5) is 5.69 Å². The van der Waals surface area contributed by atoms with Crippen LogP contribution < -0.4 is 10.1 Å². The molecule has 0 aromatic heterocycles. The molecule has 0 radical (unpaired) electrons. The molecule has 0 heterocycles. The number of halogens is 3. The number of fused-ring (bicyclic) bond motifs is 1. The summed E-state index contributed by atoms with van der Waals surface area (Å²) in [7, 11) is 1.63. The first-order valence-electron chi connectivity index (χ1n) is 8.03. The maximum atomic E-state index is 13.3. The third kappa shape index (κ3) is 2.08. The number of amides is 1. The number of benzene rings is 1. The van der Waals surface area contributed by atoms with E-state index in [1.165, 1.54) is 0 Å². The Morgan fingerprint density at radius 1 is 1.33 bits per heavy atom. The molecule has 24 heavy (non-hydrogen) atoms. The number of alkyl halides is 3. The van der Waals surface area contributed by atoms with Gasteiger partial charge in [-0.2, -0.15) is 0 Å². The number of nitrogens with one attached hydrogen (secondary N) is 1. The van der Waals surface area contributed by atoms with Gasteiger partial charge in [0.2, 0.25) is 5.91 Å². The predicted molar refractivity (Wildman–Crippen MR) is 109 cm³/mol. The molecule has 3 aliphatic carbocycles. The van der Waals surface area contributed by atoms with Gasteiger partial charge in [0.15, 0.2) is 0 Å². The van der Waals surface area contributed by atoms with Crippen molar-refractivity contribution in [3.63, 3.8) is 0 Å². The molecule has 1 aromatic rings. The minimum atomic E-state index is -0.415. The van der Waals surface area contributed by atoms with Gasteiger partial charge in [-0.25, -0.2) is 0 Å². The van der Waals surface area contributed by atoms with Gasteiger partial charge in [0.1, 0.15) is 5.75 Å². The first-order chi connectivity index (χ1) is 11.1. The fourth-order valence-electron chi connectivity index (χ4n) is 4.85. The maximum Gasteiger partial charge on any atom is 0.232 e. The molecule has 3 aliphatic rings. The molecule has 1 aromatic carbocycles. The molecule has 2 bridgehead atoms. The molecule has 0 aliphatic heterocycles. The number of hydrogen-bond acceptors (Lipinski definition) is 2. The van der Waals surface area contributed by atoms with Crippen LogP contribution in [-0.4, -0.2) is 21.6 Å². The Balaban J connectivity index is 1.94. The summed E-state index contributed by atoms with van der Waals surface area (Å²) in [6.07, 6.45) is 1.89. The second-order valence-corrected chi connectivity index (χ2v) is 11.4. The van der Waals surface area contributed by atoms with Gasteiger partial charge >= 0.3 is 0 Å². The average molecular weight is 524 g/mol. The van der Waals surface area contributed by atoms with Gasteiger partial charge in [-0.1, -0.05) is 67.7 Å². The molecular weight excluding hydrogens is 502 g/mol. The van der Waals surface area contributed by atoms with Crippen molar-refractivity contribution in [1.29, 1.82) is 0 Å². The standard InChI is InChI=1S/C18H22Br3NO2/c1-10-5-6-12(24-4)11(9-10)22-15(23)18-8-7-17(13(18)19,14(20)21)16(18,2)3/h5-6,9,13-14H,7-8H2,1-4H3,(H,22,23). The topological polar surface area (TPSA) is 38.3 Å². The largest absolute Gasteiger partial charge is 0.495 e. The van der Waals surface area contributed by atoms with Gasteiger partial charge < -0.3 is 10.1 Å². The van der Waals surface area contributed by atoms with Crippen LogP contribution in [-0.2, 0) is 4.79 Å². The fourth-order valence-corrected chi connectivity index (χ4v) is 9.77. The third-order valence-electron chi connectivity index (χ3n) is 6.49. The lowest BCUT2D eigenvalue weighted by Gasteiger charge is -2.66. The normalized spacial score (nSPS) is 33.2. The summed E-state index contributed by atoms with van der Waals surface area (Å²) in [6.45, 7) is 6.43. The van der Waals surface area contributed by atoms with Gasteiger partial charge in [0, 0.05) is 10.2 Å². The quantitative estimate of drug-likeness (QED) is 0.520. The molecule has 132 valence electrons. The third-order valence-corrected chi connectivity index (χ3v) is 9.73. The summed E-state index contributed by atoms with van der Waals surface area (Å²) >= 11 is 11.3. The van der Waals surface area contributed by atoms with Crippen LogP contribution in [0.1, 0.15) is 32.3 Å². The van der Waals surface area contributed by atoms with E-state index in [-0.39, 0.29) is 25.3 Å². The zero-order valence-electron chi connectivity index (χ0n) is 14.3. The Hall–Kier alpha value is -0.0700.